The van der Waals surface area contributed by atoms with E-state index in [1.165, 1.54) is 0 Å². The smallest absolute Gasteiger partial charge is 0.254 e. The van der Waals surface area contributed by atoms with Crippen molar-refractivity contribution in [3.05, 3.63) is 77.6 Å². The average Bonchev–Trinajstić information content (AvgIpc) is 3.53. The van der Waals surface area contributed by atoms with Crippen LogP contribution < -0.4 is 4.74 Å². The number of ether oxygens (including phenoxy) is 1. The van der Waals surface area contributed by atoms with E-state index in [9.17, 15) is 9.59 Å². The fourth-order valence-electron chi connectivity index (χ4n) is 4.81. The molecule has 1 aromatic heterocycles. The molecule has 0 spiro atoms. The van der Waals surface area contributed by atoms with E-state index < -0.39 is 0 Å². The van der Waals surface area contributed by atoms with Crippen LogP contribution >= 0.6 is 0 Å². The van der Waals surface area contributed by atoms with E-state index in [-0.39, 0.29) is 17.9 Å². The highest BCUT2D eigenvalue weighted by Gasteiger charge is 2.32. The van der Waals surface area contributed by atoms with Gasteiger partial charge in [-0.25, -0.2) is 9.97 Å². The number of carbonyl (C=O) groups is 2. The minimum Gasteiger partial charge on any atom is -0.497 e. The van der Waals surface area contributed by atoms with Crippen LogP contribution in [0.3, 0.4) is 0 Å². The summed E-state index contributed by atoms with van der Waals surface area (Å²) in [6.45, 7) is 2.04. The molecule has 2 fully saturated rings. The van der Waals surface area contributed by atoms with Crippen LogP contribution in [0, 0.1) is 0 Å². The number of amides is 2. The van der Waals surface area contributed by atoms with Crippen LogP contribution in [-0.4, -0.2) is 51.8 Å². The van der Waals surface area contributed by atoms with Gasteiger partial charge in [0.1, 0.15) is 5.75 Å². The molecule has 3 heterocycles. The summed E-state index contributed by atoms with van der Waals surface area (Å²) < 4.78 is 5.24. The highest BCUT2D eigenvalue weighted by atomic mass is 16.5. The van der Waals surface area contributed by atoms with Crippen LogP contribution in [0.15, 0.2) is 60.8 Å². The molecule has 174 valence electrons. The normalized spacial score (nSPS) is 17.9. The number of aromatic nitrogens is 2. The fraction of sp³-hybridized carbons (Fsp3) is 0.333. The number of methoxy groups -OCH3 is 1. The Hall–Kier alpha value is -3.74. The van der Waals surface area contributed by atoms with Gasteiger partial charge in [0.25, 0.3) is 5.91 Å². The van der Waals surface area contributed by atoms with Crippen LogP contribution in [0.25, 0.3) is 11.4 Å². The lowest BCUT2D eigenvalue weighted by molar-refractivity contribution is -0.128. The first-order valence-electron chi connectivity index (χ1n) is 11.8. The number of benzene rings is 2. The van der Waals surface area contributed by atoms with E-state index in [1.807, 2.05) is 64.4 Å². The fourth-order valence-corrected chi connectivity index (χ4v) is 4.81. The quantitative estimate of drug-likeness (QED) is 0.554. The van der Waals surface area contributed by atoms with Gasteiger partial charge in [-0.15, -0.1) is 0 Å². The van der Waals surface area contributed by atoms with Crippen molar-refractivity contribution in [2.45, 2.75) is 38.3 Å². The van der Waals surface area contributed by atoms with Gasteiger partial charge < -0.3 is 14.5 Å². The van der Waals surface area contributed by atoms with Crippen LogP contribution in [-0.2, 0) is 11.3 Å². The topological polar surface area (TPSA) is 75.6 Å². The summed E-state index contributed by atoms with van der Waals surface area (Å²) in [5.74, 6) is 1.61. The zero-order valence-electron chi connectivity index (χ0n) is 19.3. The van der Waals surface area contributed by atoms with Gasteiger partial charge in [-0.1, -0.05) is 12.1 Å². The van der Waals surface area contributed by atoms with Gasteiger partial charge in [0.2, 0.25) is 5.91 Å². The zero-order chi connectivity index (χ0) is 23.5. The molecule has 7 nitrogen and oxygen atoms in total. The summed E-state index contributed by atoms with van der Waals surface area (Å²) in [4.78, 5) is 38.5. The van der Waals surface area contributed by atoms with Crippen molar-refractivity contribution < 1.29 is 14.3 Å². The Bertz CT molecular complexity index is 1190. The molecular weight excluding hydrogens is 428 g/mol. The maximum absolute atomic E-state index is 13.5. The Kier molecular flexibility index (Phi) is 6.25. The molecule has 2 aliphatic heterocycles. The molecule has 5 rings (SSSR count). The van der Waals surface area contributed by atoms with Crippen LogP contribution in [0.4, 0.5) is 0 Å². The lowest BCUT2D eigenvalue weighted by Crippen LogP contribution is -2.31. The van der Waals surface area contributed by atoms with E-state index >= 15 is 0 Å². The summed E-state index contributed by atoms with van der Waals surface area (Å²) >= 11 is 0. The van der Waals surface area contributed by atoms with E-state index in [1.54, 1.807) is 13.3 Å². The van der Waals surface area contributed by atoms with Gasteiger partial charge in [0, 0.05) is 43.4 Å². The molecule has 0 unspecified atom stereocenters. The van der Waals surface area contributed by atoms with Crippen molar-refractivity contribution in [2.24, 2.45) is 0 Å². The molecule has 34 heavy (non-hydrogen) atoms. The van der Waals surface area contributed by atoms with Crippen molar-refractivity contribution in [1.82, 2.24) is 19.8 Å². The Morgan fingerprint density at radius 3 is 2.71 bits per heavy atom. The zero-order valence-corrected chi connectivity index (χ0v) is 19.3. The van der Waals surface area contributed by atoms with E-state index in [2.05, 4.69) is 4.98 Å². The maximum Gasteiger partial charge on any atom is 0.254 e. The minimum atomic E-state index is -0.0867. The summed E-state index contributed by atoms with van der Waals surface area (Å²) in [7, 11) is 1.64. The second-order valence-electron chi connectivity index (χ2n) is 8.81. The van der Waals surface area contributed by atoms with E-state index in [0.717, 1.165) is 48.4 Å². The first-order chi connectivity index (χ1) is 16.6. The number of carbonyl (C=O) groups excluding carboxylic acids is 2. The van der Waals surface area contributed by atoms with Gasteiger partial charge in [-0.2, -0.15) is 0 Å². The van der Waals surface area contributed by atoms with Crippen LogP contribution in [0.1, 0.15) is 53.3 Å². The Morgan fingerprint density at radius 2 is 1.94 bits per heavy atom. The van der Waals surface area contributed by atoms with Crippen molar-refractivity contribution in [3.8, 4) is 17.1 Å². The molecule has 2 amide bonds. The monoisotopic (exact) mass is 456 g/mol. The third-order valence-corrected chi connectivity index (χ3v) is 6.60. The second-order valence-corrected chi connectivity index (χ2v) is 8.81. The number of nitrogens with zero attached hydrogens (tertiary/aromatic N) is 4. The summed E-state index contributed by atoms with van der Waals surface area (Å²) in [5.41, 5.74) is 3.40. The third kappa shape index (κ3) is 4.51. The number of likely N-dealkylation sites (tertiary alicyclic amines) is 2. The summed E-state index contributed by atoms with van der Waals surface area (Å²) in [5, 5.41) is 0. The Balaban J connectivity index is 1.35. The number of hydrogen-bond acceptors (Lipinski definition) is 5. The largest absolute Gasteiger partial charge is 0.497 e. The molecule has 0 saturated carbocycles. The molecule has 2 aliphatic rings. The predicted octanol–water partition coefficient (Wildman–Crippen LogP) is 4.25. The molecule has 2 saturated heterocycles. The third-order valence-electron chi connectivity index (χ3n) is 6.60. The molecule has 1 atom stereocenters. The minimum absolute atomic E-state index is 0.00158. The highest BCUT2D eigenvalue weighted by molar-refractivity contribution is 5.95. The highest BCUT2D eigenvalue weighted by Crippen LogP contribution is 2.33. The van der Waals surface area contributed by atoms with Crippen molar-refractivity contribution in [3.63, 3.8) is 0 Å². The first kappa shape index (κ1) is 22.1. The van der Waals surface area contributed by atoms with E-state index in [4.69, 9.17) is 9.72 Å². The molecule has 3 aromatic rings. The molecule has 2 aromatic carbocycles. The molecule has 0 aliphatic carbocycles. The second kappa shape index (κ2) is 9.63. The van der Waals surface area contributed by atoms with Gasteiger partial charge in [-0.05, 0) is 67.3 Å². The van der Waals surface area contributed by atoms with E-state index in [0.29, 0.717) is 30.9 Å². The van der Waals surface area contributed by atoms with Gasteiger partial charge in [-0.3, -0.25) is 9.59 Å². The molecule has 0 radical (unpaired) electrons. The van der Waals surface area contributed by atoms with Crippen molar-refractivity contribution in [1.29, 1.82) is 0 Å². The Labute approximate surface area is 199 Å². The Morgan fingerprint density at radius 1 is 1.09 bits per heavy atom. The SMILES string of the molecule is COc1ccc(-c2nccc([C@@H]3CCCN3C(=O)c3cccc(CN4CCCC4=O)c3)n2)cc1. The lowest BCUT2D eigenvalue weighted by Gasteiger charge is -2.25. The standard InChI is InChI=1S/C27H28N4O3/c1-34-22-11-9-20(10-12-22)26-28-14-13-23(29-26)24-7-3-16-31(24)27(33)21-6-2-5-19(17-21)18-30-15-4-8-25(30)32/h2,5-6,9-14,17,24H,3-4,7-8,15-16,18H2,1H3/t24-/m0/s1. The summed E-state index contributed by atoms with van der Waals surface area (Å²) in [6, 6.07) is 17.1. The van der Waals surface area contributed by atoms with Crippen LogP contribution in [0.5, 0.6) is 5.75 Å². The average molecular weight is 457 g/mol. The predicted molar refractivity (Wildman–Crippen MR) is 128 cm³/mol. The number of hydrogen-bond donors (Lipinski definition) is 0. The molecule has 7 heteroatoms. The molecule has 0 bridgehead atoms. The molecular formula is C27H28N4O3. The van der Waals surface area contributed by atoms with Crippen molar-refractivity contribution in [2.75, 3.05) is 20.2 Å². The lowest BCUT2D eigenvalue weighted by atomic mass is 10.1. The first-order valence-corrected chi connectivity index (χ1v) is 11.8. The number of rotatable bonds is 6. The van der Waals surface area contributed by atoms with Gasteiger partial charge >= 0.3 is 0 Å². The van der Waals surface area contributed by atoms with Crippen molar-refractivity contribution >= 4 is 11.8 Å². The van der Waals surface area contributed by atoms with Gasteiger partial charge in [0.05, 0.1) is 18.8 Å². The maximum atomic E-state index is 13.5. The summed E-state index contributed by atoms with van der Waals surface area (Å²) in [6.07, 6.45) is 5.08. The van der Waals surface area contributed by atoms with Crippen LogP contribution in [0.2, 0.25) is 0 Å². The molecule has 0 N–H and O–H groups in total. The van der Waals surface area contributed by atoms with Gasteiger partial charge in [0.15, 0.2) is 5.82 Å².